The van der Waals surface area contributed by atoms with Crippen molar-refractivity contribution in [1.29, 1.82) is 0 Å². The monoisotopic (exact) mass is 285 g/mol. The lowest BCUT2D eigenvalue weighted by Crippen LogP contribution is -2.21. The van der Waals surface area contributed by atoms with E-state index in [0.29, 0.717) is 6.04 Å². The van der Waals surface area contributed by atoms with Gasteiger partial charge in [-0.2, -0.15) is 0 Å². The first-order valence-corrected chi connectivity index (χ1v) is 7.48. The summed E-state index contributed by atoms with van der Waals surface area (Å²) in [6.07, 6.45) is 0. The molecular formula is C19H24FN. The number of hydrogen-bond acceptors (Lipinski definition) is 1. The van der Waals surface area contributed by atoms with Gasteiger partial charge < -0.3 is 5.32 Å². The zero-order valence-electron chi connectivity index (χ0n) is 13.5. The lowest BCUT2D eigenvalue weighted by Gasteiger charge is -2.15. The Labute approximate surface area is 127 Å². The number of rotatable bonds is 4. The second-order valence-corrected chi connectivity index (χ2v) is 6.10. The van der Waals surface area contributed by atoms with Crippen molar-refractivity contribution in [3.63, 3.8) is 0 Å². The van der Waals surface area contributed by atoms with Crippen LogP contribution in [0.3, 0.4) is 0 Å². The molecule has 0 fully saturated rings. The van der Waals surface area contributed by atoms with Gasteiger partial charge in [0, 0.05) is 12.6 Å². The van der Waals surface area contributed by atoms with E-state index in [4.69, 9.17) is 0 Å². The van der Waals surface area contributed by atoms with Gasteiger partial charge in [0.2, 0.25) is 0 Å². The Morgan fingerprint density at radius 1 is 0.952 bits per heavy atom. The molecule has 0 aliphatic carbocycles. The predicted molar refractivity (Wildman–Crippen MR) is 88.0 cm³/mol. The summed E-state index contributed by atoms with van der Waals surface area (Å²) in [6.45, 7) is 11.2. The van der Waals surface area contributed by atoms with Crippen molar-refractivity contribution in [1.82, 2.24) is 5.32 Å². The maximum absolute atomic E-state index is 13.5. The molecule has 2 aromatic rings. The maximum atomic E-state index is 13.5. The fraction of sp³-hybridized carbons (Fsp3) is 0.368. The molecule has 2 heteroatoms. The van der Waals surface area contributed by atoms with Crippen LogP contribution >= 0.6 is 0 Å². The average Bonchev–Trinajstić information content (AvgIpc) is 2.38. The Hall–Kier alpha value is -1.67. The fourth-order valence-corrected chi connectivity index (χ4v) is 2.71. The van der Waals surface area contributed by atoms with Crippen molar-refractivity contribution in [3.05, 3.63) is 58.4 Å². The minimum atomic E-state index is -0.163. The molecule has 2 aromatic carbocycles. The number of aryl methyl sites for hydroxylation is 3. The van der Waals surface area contributed by atoms with Gasteiger partial charge in [-0.15, -0.1) is 0 Å². The topological polar surface area (TPSA) is 12.0 Å². The smallest absolute Gasteiger partial charge is 0.123 e. The second-order valence-electron chi connectivity index (χ2n) is 6.10. The number of halogens is 1. The van der Waals surface area contributed by atoms with Crippen LogP contribution in [0, 0.1) is 26.6 Å². The Balaban J connectivity index is 2.46. The Kier molecular flexibility index (Phi) is 4.79. The quantitative estimate of drug-likeness (QED) is 0.841. The van der Waals surface area contributed by atoms with Crippen LogP contribution in [0.1, 0.15) is 36.1 Å². The summed E-state index contributed by atoms with van der Waals surface area (Å²) in [5, 5.41) is 3.44. The highest BCUT2D eigenvalue weighted by Crippen LogP contribution is 2.31. The molecule has 0 saturated carbocycles. The van der Waals surface area contributed by atoms with Crippen LogP contribution in [-0.2, 0) is 6.54 Å². The van der Waals surface area contributed by atoms with E-state index in [-0.39, 0.29) is 5.82 Å². The average molecular weight is 285 g/mol. The number of hydrogen-bond donors (Lipinski definition) is 1. The van der Waals surface area contributed by atoms with Crippen LogP contribution < -0.4 is 5.32 Å². The molecule has 0 heterocycles. The molecule has 21 heavy (non-hydrogen) atoms. The molecule has 0 radical (unpaired) electrons. The SMILES string of the molecule is Cc1ccc(CNC(C)C)cc1-c1c(C)cc(F)cc1C. The third kappa shape index (κ3) is 3.70. The van der Waals surface area contributed by atoms with Crippen molar-refractivity contribution >= 4 is 0 Å². The number of benzene rings is 2. The number of nitrogens with one attached hydrogen (secondary N) is 1. The van der Waals surface area contributed by atoms with Gasteiger partial charge in [0.05, 0.1) is 0 Å². The van der Waals surface area contributed by atoms with E-state index in [1.807, 2.05) is 13.8 Å². The fourth-order valence-electron chi connectivity index (χ4n) is 2.71. The normalized spacial score (nSPS) is 11.2. The van der Waals surface area contributed by atoms with Crippen molar-refractivity contribution in [2.75, 3.05) is 0 Å². The predicted octanol–water partition coefficient (Wildman–Crippen LogP) is 4.92. The molecule has 1 N–H and O–H groups in total. The highest BCUT2D eigenvalue weighted by Gasteiger charge is 2.11. The van der Waals surface area contributed by atoms with Crippen molar-refractivity contribution in [2.45, 2.75) is 47.2 Å². The van der Waals surface area contributed by atoms with Gasteiger partial charge in [0.1, 0.15) is 5.82 Å². The summed E-state index contributed by atoms with van der Waals surface area (Å²) in [5.41, 5.74) is 6.82. The van der Waals surface area contributed by atoms with E-state index in [2.05, 4.69) is 44.3 Å². The van der Waals surface area contributed by atoms with E-state index < -0.39 is 0 Å². The van der Waals surface area contributed by atoms with Crippen molar-refractivity contribution < 1.29 is 4.39 Å². The zero-order valence-corrected chi connectivity index (χ0v) is 13.5. The molecule has 0 spiro atoms. The van der Waals surface area contributed by atoms with Crippen molar-refractivity contribution in [3.8, 4) is 11.1 Å². The summed E-state index contributed by atoms with van der Waals surface area (Å²) < 4.78 is 13.5. The Morgan fingerprint density at radius 2 is 1.57 bits per heavy atom. The van der Waals surface area contributed by atoms with Crippen molar-refractivity contribution in [2.24, 2.45) is 0 Å². The Bertz CT molecular complexity index is 621. The largest absolute Gasteiger partial charge is 0.310 e. The molecule has 0 amide bonds. The first-order chi connectivity index (χ1) is 9.88. The Morgan fingerprint density at radius 3 is 2.14 bits per heavy atom. The van der Waals surface area contributed by atoms with Gasteiger partial charge >= 0.3 is 0 Å². The minimum absolute atomic E-state index is 0.163. The molecule has 2 rings (SSSR count). The molecule has 0 aromatic heterocycles. The van der Waals surface area contributed by atoms with Crippen LogP contribution in [-0.4, -0.2) is 6.04 Å². The molecule has 0 unspecified atom stereocenters. The summed E-state index contributed by atoms with van der Waals surface area (Å²) in [6, 6.07) is 10.2. The molecule has 0 saturated heterocycles. The lowest BCUT2D eigenvalue weighted by atomic mass is 9.91. The third-order valence-electron chi connectivity index (χ3n) is 3.78. The summed E-state index contributed by atoms with van der Waals surface area (Å²) in [4.78, 5) is 0. The molecule has 0 aliphatic heterocycles. The van der Waals surface area contributed by atoms with E-state index in [1.165, 1.54) is 16.7 Å². The van der Waals surface area contributed by atoms with Gasteiger partial charge in [0.25, 0.3) is 0 Å². The first-order valence-electron chi connectivity index (χ1n) is 7.48. The summed E-state index contributed by atoms with van der Waals surface area (Å²) in [5.74, 6) is -0.163. The third-order valence-corrected chi connectivity index (χ3v) is 3.78. The summed E-state index contributed by atoms with van der Waals surface area (Å²) in [7, 11) is 0. The lowest BCUT2D eigenvalue weighted by molar-refractivity contribution is 0.589. The van der Waals surface area contributed by atoms with Gasteiger partial charge in [-0.3, -0.25) is 0 Å². The van der Waals surface area contributed by atoms with Gasteiger partial charge in [-0.1, -0.05) is 26.0 Å². The summed E-state index contributed by atoms with van der Waals surface area (Å²) >= 11 is 0. The minimum Gasteiger partial charge on any atom is -0.310 e. The molecule has 0 atom stereocenters. The first kappa shape index (κ1) is 15.7. The standard InChI is InChI=1S/C19H24FN/c1-12(2)21-11-16-7-6-13(3)18(10-16)19-14(4)8-17(20)9-15(19)5/h6-10,12,21H,11H2,1-5H3. The molecule has 0 aliphatic rings. The second kappa shape index (κ2) is 6.40. The molecule has 112 valence electrons. The van der Waals surface area contributed by atoms with Gasteiger partial charge in [0.15, 0.2) is 0 Å². The van der Waals surface area contributed by atoms with E-state index in [0.717, 1.165) is 23.2 Å². The van der Waals surface area contributed by atoms with Crippen LogP contribution in [0.2, 0.25) is 0 Å². The van der Waals surface area contributed by atoms with E-state index in [9.17, 15) is 4.39 Å². The highest BCUT2D eigenvalue weighted by atomic mass is 19.1. The van der Waals surface area contributed by atoms with Crippen LogP contribution in [0.4, 0.5) is 4.39 Å². The van der Waals surface area contributed by atoms with E-state index >= 15 is 0 Å². The van der Waals surface area contributed by atoms with Crippen LogP contribution in [0.15, 0.2) is 30.3 Å². The van der Waals surface area contributed by atoms with Crippen LogP contribution in [0.25, 0.3) is 11.1 Å². The van der Waals surface area contributed by atoms with Gasteiger partial charge in [-0.25, -0.2) is 4.39 Å². The molecule has 0 bridgehead atoms. The molecular weight excluding hydrogens is 261 g/mol. The van der Waals surface area contributed by atoms with E-state index in [1.54, 1.807) is 12.1 Å². The highest BCUT2D eigenvalue weighted by molar-refractivity contribution is 5.74. The molecule has 1 nitrogen and oxygen atoms in total. The zero-order chi connectivity index (χ0) is 15.6. The van der Waals surface area contributed by atoms with Gasteiger partial charge in [-0.05, 0) is 72.4 Å². The van der Waals surface area contributed by atoms with Crippen LogP contribution in [0.5, 0.6) is 0 Å². The maximum Gasteiger partial charge on any atom is 0.123 e.